The molecule has 8 aromatic carbocycles. The normalized spacial score (nSPS) is 12.3. The summed E-state index contributed by atoms with van der Waals surface area (Å²) in [6.07, 6.45) is 0. The summed E-state index contributed by atoms with van der Waals surface area (Å²) < 4.78 is 4.90. The van der Waals surface area contributed by atoms with Crippen LogP contribution in [0, 0.1) is 0 Å². The van der Waals surface area contributed by atoms with E-state index in [0.717, 1.165) is 0 Å². The summed E-state index contributed by atoms with van der Waals surface area (Å²) >= 11 is 0. The number of hydrogen-bond acceptors (Lipinski definition) is 0. The monoisotopic (exact) mass is 532 g/mol. The lowest BCUT2D eigenvalue weighted by molar-refractivity contribution is 1.19. The molecule has 0 N–H and O–H groups in total. The van der Waals surface area contributed by atoms with E-state index in [1.807, 2.05) is 0 Å². The Kier molecular flexibility index (Phi) is 4.21. The Morgan fingerprint density at radius 3 is 1.57 bits per heavy atom. The fourth-order valence-corrected chi connectivity index (χ4v) is 7.53. The second kappa shape index (κ2) is 7.99. The zero-order chi connectivity index (χ0) is 27.4. The first kappa shape index (κ1) is 22.1. The van der Waals surface area contributed by atoms with Crippen molar-refractivity contribution in [1.82, 2.24) is 9.13 Å². The third-order valence-corrected chi connectivity index (χ3v) is 9.23. The predicted octanol–water partition coefficient (Wildman–Crippen LogP) is 10.8. The predicted molar refractivity (Wildman–Crippen MR) is 179 cm³/mol. The molecule has 194 valence electrons. The molecule has 0 bridgehead atoms. The van der Waals surface area contributed by atoms with Gasteiger partial charge in [0.15, 0.2) is 0 Å². The van der Waals surface area contributed by atoms with Gasteiger partial charge in [0, 0.05) is 38.0 Å². The van der Waals surface area contributed by atoms with Gasteiger partial charge in [-0.05, 0) is 64.0 Å². The topological polar surface area (TPSA) is 9.86 Å². The first-order chi connectivity index (χ1) is 20.9. The van der Waals surface area contributed by atoms with Crippen molar-refractivity contribution in [1.29, 1.82) is 0 Å². The van der Waals surface area contributed by atoms with Crippen molar-refractivity contribution in [3.05, 3.63) is 146 Å². The summed E-state index contributed by atoms with van der Waals surface area (Å²) in [7, 11) is 0. The molecule has 0 atom stereocenters. The van der Waals surface area contributed by atoms with Crippen molar-refractivity contribution in [2.75, 3.05) is 0 Å². The fraction of sp³-hybridized carbons (Fsp3) is 0. The summed E-state index contributed by atoms with van der Waals surface area (Å²) in [6.45, 7) is 0. The Balaban J connectivity index is 1.40. The van der Waals surface area contributed by atoms with Crippen molar-refractivity contribution in [2.24, 2.45) is 0 Å². The third-order valence-electron chi connectivity index (χ3n) is 9.23. The summed E-state index contributed by atoms with van der Waals surface area (Å²) in [5.74, 6) is 0. The van der Waals surface area contributed by atoms with Gasteiger partial charge in [0.25, 0.3) is 0 Å². The third kappa shape index (κ3) is 2.74. The Bertz CT molecular complexity index is 2620. The van der Waals surface area contributed by atoms with Gasteiger partial charge in [0.2, 0.25) is 0 Å². The van der Waals surface area contributed by atoms with Gasteiger partial charge in [0.1, 0.15) is 0 Å². The van der Waals surface area contributed by atoms with E-state index in [1.165, 1.54) is 87.3 Å². The molecule has 10 rings (SSSR count). The van der Waals surface area contributed by atoms with E-state index in [4.69, 9.17) is 0 Å². The molecule has 0 aliphatic rings. The highest BCUT2D eigenvalue weighted by molar-refractivity contribution is 6.32. The standard InChI is InChI=1S/C40H24N2/c1-2-10-27(11-3-1)41-34-15-7-6-14-30(34)33-24-26-19-18-25-20-23-37(31-21-22-32(40(33)41)39(26)38(25)31)42-35-16-8-4-12-28(35)29-13-5-9-17-36(29)42/h1-24H. The van der Waals surface area contributed by atoms with E-state index in [9.17, 15) is 0 Å². The van der Waals surface area contributed by atoms with Crippen LogP contribution in [0.3, 0.4) is 0 Å². The van der Waals surface area contributed by atoms with Crippen molar-refractivity contribution in [2.45, 2.75) is 0 Å². The Morgan fingerprint density at radius 2 is 0.857 bits per heavy atom. The molecule has 0 saturated carbocycles. The molecule has 2 nitrogen and oxygen atoms in total. The molecule has 0 saturated heterocycles. The molecular weight excluding hydrogens is 508 g/mol. The van der Waals surface area contributed by atoms with Crippen molar-refractivity contribution < 1.29 is 0 Å². The smallest absolute Gasteiger partial charge is 0.0620 e. The molecule has 2 aromatic heterocycles. The summed E-state index contributed by atoms with van der Waals surface area (Å²) in [4.78, 5) is 0. The SMILES string of the molecule is c1ccc(-n2c3ccccc3c3cc4ccc5ccc(-n6c7ccccc7c7ccccc76)c6ccc(c4c56)c32)cc1. The maximum absolute atomic E-state index is 2.45. The maximum Gasteiger partial charge on any atom is 0.0620 e. The van der Waals surface area contributed by atoms with Gasteiger partial charge < -0.3 is 9.13 Å². The zero-order valence-electron chi connectivity index (χ0n) is 22.8. The van der Waals surface area contributed by atoms with Gasteiger partial charge in [0.05, 0.1) is 27.8 Å². The first-order valence-electron chi connectivity index (χ1n) is 14.5. The quantitative estimate of drug-likeness (QED) is 0.196. The maximum atomic E-state index is 2.45. The van der Waals surface area contributed by atoms with E-state index < -0.39 is 0 Å². The number of hydrogen-bond donors (Lipinski definition) is 0. The minimum atomic E-state index is 1.18. The van der Waals surface area contributed by atoms with Crippen LogP contribution in [0.4, 0.5) is 0 Å². The van der Waals surface area contributed by atoms with Crippen LogP contribution in [0.1, 0.15) is 0 Å². The van der Waals surface area contributed by atoms with Gasteiger partial charge in [-0.1, -0.05) is 103 Å². The van der Waals surface area contributed by atoms with E-state index in [0.29, 0.717) is 0 Å². The van der Waals surface area contributed by atoms with E-state index in [2.05, 4.69) is 155 Å². The Hall–Kier alpha value is -5.60. The second-order valence-corrected chi connectivity index (χ2v) is 11.3. The van der Waals surface area contributed by atoms with E-state index >= 15 is 0 Å². The molecule has 0 radical (unpaired) electrons. The molecule has 2 heteroatoms. The number of para-hydroxylation sites is 4. The molecule has 42 heavy (non-hydrogen) atoms. The number of benzene rings is 8. The van der Waals surface area contributed by atoms with Crippen molar-refractivity contribution >= 4 is 75.9 Å². The molecule has 0 amide bonds. The van der Waals surface area contributed by atoms with Crippen LogP contribution in [0.15, 0.2) is 146 Å². The highest BCUT2D eigenvalue weighted by Crippen LogP contribution is 2.45. The lowest BCUT2D eigenvalue weighted by Crippen LogP contribution is -1.97. The summed E-state index contributed by atoms with van der Waals surface area (Å²) in [5, 5.41) is 12.9. The molecule has 0 spiro atoms. The van der Waals surface area contributed by atoms with Crippen LogP contribution in [-0.2, 0) is 0 Å². The average Bonchev–Trinajstić information content (AvgIpc) is 3.57. The number of nitrogens with zero attached hydrogens (tertiary/aromatic N) is 2. The van der Waals surface area contributed by atoms with Crippen molar-refractivity contribution in [3.63, 3.8) is 0 Å². The van der Waals surface area contributed by atoms with Gasteiger partial charge in [-0.15, -0.1) is 0 Å². The minimum absolute atomic E-state index is 1.18. The average molecular weight is 533 g/mol. The van der Waals surface area contributed by atoms with Crippen LogP contribution in [-0.4, -0.2) is 9.13 Å². The second-order valence-electron chi connectivity index (χ2n) is 11.3. The minimum Gasteiger partial charge on any atom is -0.309 e. The van der Waals surface area contributed by atoms with E-state index in [1.54, 1.807) is 0 Å². The summed E-state index contributed by atoms with van der Waals surface area (Å²) in [6, 6.07) is 53.4. The van der Waals surface area contributed by atoms with E-state index in [-0.39, 0.29) is 0 Å². The van der Waals surface area contributed by atoms with Crippen LogP contribution < -0.4 is 0 Å². The lowest BCUT2D eigenvalue weighted by Gasteiger charge is -2.17. The molecular formula is C40H24N2. The van der Waals surface area contributed by atoms with Crippen LogP contribution in [0.25, 0.3) is 87.3 Å². The Labute approximate surface area is 241 Å². The molecule has 0 unspecified atom stereocenters. The molecule has 2 heterocycles. The molecule has 0 aliphatic carbocycles. The van der Waals surface area contributed by atoms with Gasteiger partial charge >= 0.3 is 0 Å². The number of aromatic nitrogens is 2. The summed E-state index contributed by atoms with van der Waals surface area (Å²) in [5.41, 5.74) is 7.38. The van der Waals surface area contributed by atoms with Gasteiger partial charge in [-0.3, -0.25) is 0 Å². The largest absolute Gasteiger partial charge is 0.309 e. The van der Waals surface area contributed by atoms with Crippen LogP contribution >= 0.6 is 0 Å². The van der Waals surface area contributed by atoms with Gasteiger partial charge in [-0.25, -0.2) is 0 Å². The molecule has 0 aliphatic heterocycles. The number of rotatable bonds is 2. The molecule has 0 fully saturated rings. The highest BCUT2D eigenvalue weighted by Gasteiger charge is 2.20. The van der Waals surface area contributed by atoms with Gasteiger partial charge in [-0.2, -0.15) is 0 Å². The van der Waals surface area contributed by atoms with Crippen LogP contribution in [0.5, 0.6) is 0 Å². The van der Waals surface area contributed by atoms with Crippen molar-refractivity contribution in [3.8, 4) is 11.4 Å². The highest BCUT2D eigenvalue weighted by atomic mass is 15.0. The zero-order valence-corrected chi connectivity index (χ0v) is 22.8. The van der Waals surface area contributed by atoms with Crippen LogP contribution in [0.2, 0.25) is 0 Å². The lowest BCUT2D eigenvalue weighted by atomic mass is 9.91. The Morgan fingerprint density at radius 1 is 0.333 bits per heavy atom. The first-order valence-corrected chi connectivity index (χ1v) is 14.5. The number of fused-ring (bicyclic) bond motifs is 7. The fourth-order valence-electron chi connectivity index (χ4n) is 7.53. The molecule has 10 aromatic rings.